The molecule has 1 aromatic heterocycles. The van der Waals surface area contributed by atoms with Gasteiger partial charge in [-0.2, -0.15) is 0 Å². The van der Waals surface area contributed by atoms with Crippen molar-refractivity contribution in [2.45, 2.75) is 29.4 Å². The number of hydrogen-bond acceptors (Lipinski definition) is 4. The number of ether oxygens (including phenoxy) is 1. The van der Waals surface area contributed by atoms with Crippen molar-refractivity contribution in [1.82, 2.24) is 10.3 Å². The monoisotopic (exact) mass is 386 g/mol. The molecule has 0 unspecified atom stereocenters. The molecule has 136 valence electrons. The van der Waals surface area contributed by atoms with Gasteiger partial charge in [0.25, 0.3) is 0 Å². The Morgan fingerprint density at radius 1 is 1.19 bits per heavy atom. The third-order valence-electron chi connectivity index (χ3n) is 4.78. The predicted octanol–water partition coefficient (Wildman–Crippen LogP) is 5.04. The summed E-state index contributed by atoms with van der Waals surface area (Å²) in [6.07, 6.45) is 6.20. The molecule has 3 nitrogen and oxygen atoms in total. The molecule has 1 aromatic carbocycles. The second-order valence-corrected chi connectivity index (χ2v) is 8.64. The Morgan fingerprint density at radius 3 is 2.65 bits per heavy atom. The van der Waals surface area contributed by atoms with Gasteiger partial charge in [-0.1, -0.05) is 29.8 Å². The van der Waals surface area contributed by atoms with Crippen LogP contribution in [0.5, 0.6) is 5.88 Å². The lowest BCUT2D eigenvalue weighted by molar-refractivity contribution is 0.398. The predicted molar refractivity (Wildman–Crippen MR) is 109 cm³/mol. The van der Waals surface area contributed by atoms with Crippen LogP contribution < -0.4 is 10.1 Å². The Labute approximate surface area is 164 Å². The summed E-state index contributed by atoms with van der Waals surface area (Å²) >= 11 is 8.16. The maximum atomic E-state index is 6.17. The molecule has 1 aliphatic heterocycles. The van der Waals surface area contributed by atoms with Crippen LogP contribution in [0, 0.1) is 5.92 Å². The van der Waals surface area contributed by atoms with Gasteiger partial charge in [0.15, 0.2) is 0 Å². The number of pyridine rings is 1. The molecule has 26 heavy (non-hydrogen) atoms. The first-order valence-electron chi connectivity index (χ1n) is 9.13. The second-order valence-electron chi connectivity index (χ2n) is 6.86. The van der Waals surface area contributed by atoms with Crippen molar-refractivity contribution in [2.75, 3.05) is 20.2 Å². The third-order valence-corrected chi connectivity index (χ3v) is 6.41. The Hall–Kier alpha value is -1.49. The highest BCUT2D eigenvalue weighted by Gasteiger charge is 2.22. The molecule has 2 heterocycles. The van der Waals surface area contributed by atoms with E-state index in [-0.39, 0.29) is 0 Å². The van der Waals surface area contributed by atoms with Crippen LogP contribution in [0.2, 0.25) is 5.02 Å². The molecule has 1 aliphatic carbocycles. The molecular weight excluding hydrogens is 364 g/mol. The van der Waals surface area contributed by atoms with E-state index in [0.717, 1.165) is 36.0 Å². The fourth-order valence-corrected chi connectivity index (χ4v) is 4.42. The first kappa shape index (κ1) is 17.9. The number of methoxy groups -OCH3 is 1. The Bertz CT molecular complexity index is 796. The SMILES string of the molecule is COc1nc(C(=C[C@H]2CCNC2)c2ccc(SC3CC3)cc2)ccc1Cl. The number of nitrogens with one attached hydrogen (secondary N) is 1. The number of benzene rings is 1. The summed E-state index contributed by atoms with van der Waals surface area (Å²) in [6.45, 7) is 2.09. The van der Waals surface area contributed by atoms with Crippen molar-refractivity contribution < 1.29 is 4.74 Å². The largest absolute Gasteiger partial charge is 0.480 e. The summed E-state index contributed by atoms with van der Waals surface area (Å²) in [5.41, 5.74) is 3.24. The van der Waals surface area contributed by atoms with Crippen LogP contribution in [0.1, 0.15) is 30.5 Å². The van der Waals surface area contributed by atoms with E-state index < -0.39 is 0 Å². The van der Waals surface area contributed by atoms with Crippen molar-refractivity contribution in [1.29, 1.82) is 0 Å². The average molecular weight is 387 g/mol. The molecule has 0 spiro atoms. The zero-order valence-electron chi connectivity index (χ0n) is 14.9. The quantitative estimate of drug-likeness (QED) is 0.754. The van der Waals surface area contributed by atoms with Crippen molar-refractivity contribution in [2.24, 2.45) is 5.92 Å². The lowest BCUT2D eigenvalue weighted by atomic mass is 9.96. The Morgan fingerprint density at radius 2 is 2.00 bits per heavy atom. The highest BCUT2D eigenvalue weighted by atomic mass is 35.5. The van der Waals surface area contributed by atoms with E-state index in [1.54, 1.807) is 7.11 Å². The number of rotatable bonds is 6. The zero-order chi connectivity index (χ0) is 17.9. The van der Waals surface area contributed by atoms with Crippen LogP contribution in [0.25, 0.3) is 5.57 Å². The summed E-state index contributed by atoms with van der Waals surface area (Å²) in [5, 5.41) is 4.79. The van der Waals surface area contributed by atoms with Gasteiger partial charge in [0.1, 0.15) is 5.02 Å². The first-order valence-corrected chi connectivity index (χ1v) is 10.4. The summed E-state index contributed by atoms with van der Waals surface area (Å²) in [4.78, 5) is 5.99. The number of nitrogens with zero attached hydrogens (tertiary/aromatic N) is 1. The van der Waals surface area contributed by atoms with Crippen LogP contribution in [-0.4, -0.2) is 30.4 Å². The molecule has 2 fully saturated rings. The highest BCUT2D eigenvalue weighted by Crippen LogP contribution is 2.39. The van der Waals surface area contributed by atoms with Gasteiger partial charge in [0, 0.05) is 22.3 Å². The van der Waals surface area contributed by atoms with E-state index in [1.807, 2.05) is 23.9 Å². The third kappa shape index (κ3) is 4.25. The highest BCUT2D eigenvalue weighted by molar-refractivity contribution is 8.00. The van der Waals surface area contributed by atoms with E-state index in [0.29, 0.717) is 16.8 Å². The zero-order valence-corrected chi connectivity index (χ0v) is 16.4. The average Bonchev–Trinajstić information content (AvgIpc) is 3.33. The molecule has 2 aliphatic rings. The van der Waals surface area contributed by atoms with Crippen LogP contribution in [0.3, 0.4) is 0 Å². The van der Waals surface area contributed by atoms with Crippen LogP contribution in [0.4, 0.5) is 0 Å². The summed E-state index contributed by atoms with van der Waals surface area (Å²) in [6, 6.07) is 12.7. The van der Waals surface area contributed by atoms with Crippen LogP contribution >= 0.6 is 23.4 Å². The molecule has 0 amide bonds. The number of hydrogen-bond donors (Lipinski definition) is 1. The van der Waals surface area contributed by atoms with Crippen molar-refractivity contribution in [3.05, 3.63) is 58.8 Å². The maximum absolute atomic E-state index is 6.17. The lowest BCUT2D eigenvalue weighted by Gasteiger charge is -2.13. The molecule has 5 heteroatoms. The minimum atomic E-state index is 0.473. The van der Waals surface area contributed by atoms with Gasteiger partial charge in [-0.3, -0.25) is 0 Å². The van der Waals surface area contributed by atoms with Gasteiger partial charge in [0.05, 0.1) is 12.8 Å². The van der Waals surface area contributed by atoms with Gasteiger partial charge >= 0.3 is 0 Å². The topological polar surface area (TPSA) is 34.1 Å². The van der Waals surface area contributed by atoms with E-state index in [1.165, 1.54) is 23.3 Å². The van der Waals surface area contributed by atoms with Gasteiger partial charge in [0.2, 0.25) is 5.88 Å². The first-order chi connectivity index (χ1) is 12.7. The van der Waals surface area contributed by atoms with Crippen molar-refractivity contribution in [3.8, 4) is 5.88 Å². The maximum Gasteiger partial charge on any atom is 0.232 e. The van der Waals surface area contributed by atoms with Crippen LogP contribution in [0.15, 0.2) is 47.4 Å². The number of aromatic nitrogens is 1. The summed E-state index contributed by atoms with van der Waals surface area (Å²) in [5.74, 6) is 0.995. The second kappa shape index (κ2) is 8.03. The summed E-state index contributed by atoms with van der Waals surface area (Å²) in [7, 11) is 1.60. The van der Waals surface area contributed by atoms with Gasteiger partial charge in [-0.05, 0) is 61.6 Å². The van der Waals surface area contributed by atoms with Gasteiger partial charge < -0.3 is 10.1 Å². The van der Waals surface area contributed by atoms with E-state index in [9.17, 15) is 0 Å². The molecule has 1 saturated heterocycles. The molecule has 4 rings (SSSR count). The number of halogens is 1. The molecule has 0 bridgehead atoms. The van der Waals surface area contributed by atoms with E-state index in [4.69, 9.17) is 16.3 Å². The molecule has 0 radical (unpaired) electrons. The van der Waals surface area contributed by atoms with Gasteiger partial charge in [-0.15, -0.1) is 11.8 Å². The van der Waals surface area contributed by atoms with E-state index in [2.05, 4.69) is 40.6 Å². The van der Waals surface area contributed by atoms with Crippen LogP contribution in [-0.2, 0) is 0 Å². The molecular formula is C21H23ClN2OS. The van der Waals surface area contributed by atoms with Crippen molar-refractivity contribution in [3.63, 3.8) is 0 Å². The smallest absolute Gasteiger partial charge is 0.232 e. The number of thioether (sulfide) groups is 1. The van der Waals surface area contributed by atoms with Crippen molar-refractivity contribution >= 4 is 28.9 Å². The fraction of sp³-hybridized carbons (Fsp3) is 0.381. The standard InChI is InChI=1S/C21H23ClN2OS/c1-25-21-19(22)8-9-20(24-21)18(12-14-10-11-23-13-14)15-2-4-16(5-3-15)26-17-6-7-17/h2-5,8-9,12,14,17,23H,6-7,10-11,13H2,1H3/t14-/m1/s1. The van der Waals surface area contributed by atoms with E-state index >= 15 is 0 Å². The lowest BCUT2D eigenvalue weighted by Crippen LogP contribution is -2.08. The molecule has 1 atom stereocenters. The Kier molecular flexibility index (Phi) is 5.53. The molecule has 2 aromatic rings. The Balaban J connectivity index is 1.68. The summed E-state index contributed by atoms with van der Waals surface area (Å²) < 4.78 is 5.33. The molecule has 1 N–H and O–H groups in total. The normalized spacial score (nSPS) is 20.4. The van der Waals surface area contributed by atoms with Gasteiger partial charge in [-0.25, -0.2) is 4.98 Å². The minimum absolute atomic E-state index is 0.473. The minimum Gasteiger partial charge on any atom is -0.480 e. The fourth-order valence-electron chi connectivity index (χ4n) is 3.19. The molecule has 1 saturated carbocycles.